The van der Waals surface area contributed by atoms with Crippen LogP contribution in [0.4, 0.5) is 5.69 Å². The van der Waals surface area contributed by atoms with Gasteiger partial charge in [-0.15, -0.1) is 0 Å². The molecule has 2 fully saturated rings. The second-order valence-electron chi connectivity index (χ2n) is 8.30. The average molecular weight is 467 g/mol. The van der Waals surface area contributed by atoms with E-state index in [-0.39, 0.29) is 29.1 Å². The average Bonchev–Trinajstić information content (AvgIpc) is 3.28. The van der Waals surface area contributed by atoms with Gasteiger partial charge in [0.15, 0.2) is 0 Å². The first-order chi connectivity index (χ1) is 14.2. The molecule has 2 aliphatic carbocycles. The predicted molar refractivity (Wildman–Crippen MR) is 120 cm³/mol. The van der Waals surface area contributed by atoms with Crippen LogP contribution in [0.3, 0.4) is 0 Å². The molecule has 5 nitrogen and oxygen atoms in total. The minimum atomic E-state index is -3.99. The zero-order valence-corrected chi connectivity index (χ0v) is 19.0. The first-order valence-electron chi connectivity index (χ1n) is 10.1. The topological polar surface area (TPSA) is 66.5 Å². The molecule has 4 rings (SSSR count). The molecule has 0 radical (unpaired) electrons. The molecular weight excluding hydrogens is 443 g/mol. The van der Waals surface area contributed by atoms with Crippen LogP contribution in [0.15, 0.2) is 47.4 Å². The fourth-order valence-electron chi connectivity index (χ4n) is 4.64. The van der Waals surface area contributed by atoms with Crippen molar-refractivity contribution < 1.29 is 13.2 Å². The normalized spacial score (nSPS) is 22.8. The fraction of sp³-hybridized carbons (Fsp3) is 0.409. The summed E-state index contributed by atoms with van der Waals surface area (Å²) in [5.74, 6) is 0.862. The molecule has 2 saturated carbocycles. The summed E-state index contributed by atoms with van der Waals surface area (Å²) in [4.78, 5) is 13.0. The van der Waals surface area contributed by atoms with Gasteiger partial charge >= 0.3 is 0 Å². The van der Waals surface area contributed by atoms with Gasteiger partial charge in [0.1, 0.15) is 6.54 Å². The van der Waals surface area contributed by atoms with E-state index in [0.29, 0.717) is 21.9 Å². The first-order valence-corrected chi connectivity index (χ1v) is 12.3. The van der Waals surface area contributed by atoms with E-state index in [2.05, 4.69) is 5.32 Å². The molecule has 2 aliphatic rings. The fourth-order valence-corrected chi connectivity index (χ4v) is 6.56. The number of benzene rings is 2. The highest BCUT2D eigenvalue weighted by molar-refractivity contribution is 7.92. The van der Waals surface area contributed by atoms with E-state index in [1.54, 1.807) is 12.1 Å². The van der Waals surface area contributed by atoms with Crippen LogP contribution in [0.5, 0.6) is 0 Å². The molecule has 2 aromatic rings. The number of hydrogen-bond acceptors (Lipinski definition) is 3. The van der Waals surface area contributed by atoms with E-state index in [9.17, 15) is 13.2 Å². The van der Waals surface area contributed by atoms with Crippen LogP contribution in [0, 0.1) is 18.8 Å². The SMILES string of the molecule is Cc1ccc(S(=O)(=O)N(CC(=O)N[C@@H]2C[C@@H]3CC[C@@H]2C3)c2cc(Cl)cc(Cl)c2)cc1. The zero-order valence-electron chi connectivity index (χ0n) is 16.6. The van der Waals surface area contributed by atoms with Crippen molar-refractivity contribution in [1.29, 1.82) is 0 Å². The van der Waals surface area contributed by atoms with Gasteiger partial charge in [-0.3, -0.25) is 9.10 Å². The zero-order chi connectivity index (χ0) is 21.5. The Morgan fingerprint density at radius 3 is 2.30 bits per heavy atom. The molecule has 0 saturated heterocycles. The largest absolute Gasteiger partial charge is 0.352 e. The van der Waals surface area contributed by atoms with E-state index >= 15 is 0 Å². The molecule has 2 aromatic carbocycles. The van der Waals surface area contributed by atoms with Crippen LogP contribution in [-0.4, -0.2) is 26.9 Å². The Hall–Kier alpha value is -1.76. The lowest BCUT2D eigenvalue weighted by Crippen LogP contribution is -2.46. The Labute approximate surface area is 187 Å². The third kappa shape index (κ3) is 4.46. The van der Waals surface area contributed by atoms with Crippen LogP contribution >= 0.6 is 23.2 Å². The number of sulfonamides is 1. The van der Waals surface area contributed by atoms with E-state index in [0.717, 1.165) is 29.1 Å². The molecular formula is C22H24Cl2N2O3S. The van der Waals surface area contributed by atoms with E-state index in [4.69, 9.17) is 23.2 Å². The smallest absolute Gasteiger partial charge is 0.264 e. The van der Waals surface area contributed by atoms with Crippen molar-refractivity contribution >= 4 is 44.8 Å². The minimum Gasteiger partial charge on any atom is -0.352 e. The Bertz CT molecular complexity index is 1040. The molecule has 0 spiro atoms. The van der Waals surface area contributed by atoms with Crippen molar-refractivity contribution in [3.05, 3.63) is 58.1 Å². The standard InChI is InChI=1S/C22H24Cl2N2O3S/c1-14-2-6-20(7-3-14)30(28,29)26(19-11-17(23)10-18(24)12-19)13-22(27)25-21-9-15-4-5-16(21)8-15/h2-3,6-7,10-12,15-16,21H,4-5,8-9,13H2,1H3,(H,25,27)/t15-,16-,21-/m1/s1. The number of rotatable bonds is 6. The van der Waals surface area contributed by atoms with Crippen molar-refractivity contribution in [2.75, 3.05) is 10.8 Å². The van der Waals surface area contributed by atoms with Crippen molar-refractivity contribution in [3.63, 3.8) is 0 Å². The number of fused-ring (bicyclic) bond motifs is 2. The Kier molecular flexibility index (Phi) is 6.02. The number of amides is 1. The molecule has 3 atom stereocenters. The van der Waals surface area contributed by atoms with Crippen LogP contribution in [0.25, 0.3) is 0 Å². The number of hydrogen-bond donors (Lipinski definition) is 1. The third-order valence-corrected chi connectivity index (χ3v) is 8.34. The summed E-state index contributed by atoms with van der Waals surface area (Å²) in [7, 11) is -3.99. The number of nitrogens with zero attached hydrogens (tertiary/aromatic N) is 1. The quantitative estimate of drug-likeness (QED) is 0.664. The third-order valence-electron chi connectivity index (χ3n) is 6.12. The maximum absolute atomic E-state index is 13.4. The van der Waals surface area contributed by atoms with Gasteiger partial charge in [0.2, 0.25) is 5.91 Å². The maximum atomic E-state index is 13.4. The summed E-state index contributed by atoms with van der Waals surface area (Å²) in [6, 6.07) is 11.2. The molecule has 30 heavy (non-hydrogen) atoms. The van der Waals surface area contributed by atoms with E-state index < -0.39 is 10.0 Å². The molecule has 1 amide bonds. The molecule has 1 N–H and O–H groups in total. The molecule has 8 heteroatoms. The maximum Gasteiger partial charge on any atom is 0.264 e. The number of carbonyl (C=O) groups excluding carboxylic acids is 1. The van der Waals surface area contributed by atoms with Gasteiger partial charge in [-0.25, -0.2) is 8.42 Å². The van der Waals surface area contributed by atoms with Gasteiger partial charge in [0.05, 0.1) is 10.6 Å². The summed E-state index contributed by atoms with van der Waals surface area (Å²) in [5.41, 5.74) is 1.21. The number of aryl methyl sites for hydroxylation is 1. The van der Waals surface area contributed by atoms with Crippen LogP contribution < -0.4 is 9.62 Å². The highest BCUT2D eigenvalue weighted by Gasteiger charge is 2.40. The van der Waals surface area contributed by atoms with Crippen LogP contribution in [0.1, 0.15) is 31.2 Å². The first kappa shape index (κ1) is 21.5. The lowest BCUT2D eigenvalue weighted by molar-refractivity contribution is -0.120. The van der Waals surface area contributed by atoms with Gasteiger partial charge in [-0.1, -0.05) is 47.3 Å². The molecule has 0 heterocycles. The Balaban J connectivity index is 1.63. The van der Waals surface area contributed by atoms with Gasteiger partial charge in [0.25, 0.3) is 10.0 Å². The number of nitrogens with one attached hydrogen (secondary N) is 1. The molecule has 0 unspecified atom stereocenters. The monoisotopic (exact) mass is 466 g/mol. The molecule has 160 valence electrons. The Morgan fingerprint density at radius 2 is 1.73 bits per heavy atom. The van der Waals surface area contributed by atoms with Gasteiger partial charge < -0.3 is 5.32 Å². The highest BCUT2D eigenvalue weighted by Crippen LogP contribution is 2.44. The molecule has 2 bridgehead atoms. The lowest BCUT2D eigenvalue weighted by atomic mass is 9.95. The molecule has 0 aliphatic heterocycles. The van der Waals surface area contributed by atoms with Gasteiger partial charge in [-0.05, 0) is 68.4 Å². The minimum absolute atomic E-state index is 0.108. The Morgan fingerprint density at radius 1 is 1.07 bits per heavy atom. The van der Waals surface area contributed by atoms with E-state index in [1.807, 2.05) is 6.92 Å². The lowest BCUT2D eigenvalue weighted by Gasteiger charge is -2.27. The van der Waals surface area contributed by atoms with Crippen molar-refractivity contribution in [3.8, 4) is 0 Å². The van der Waals surface area contributed by atoms with Gasteiger partial charge in [-0.2, -0.15) is 0 Å². The van der Waals surface area contributed by atoms with E-state index in [1.165, 1.54) is 36.8 Å². The number of carbonyl (C=O) groups is 1. The predicted octanol–water partition coefficient (Wildman–Crippen LogP) is 4.80. The van der Waals surface area contributed by atoms with Crippen LogP contribution in [0.2, 0.25) is 10.0 Å². The second-order valence-corrected chi connectivity index (χ2v) is 11.0. The summed E-state index contributed by atoms with van der Waals surface area (Å²) >= 11 is 12.2. The molecule has 0 aromatic heterocycles. The summed E-state index contributed by atoms with van der Waals surface area (Å²) < 4.78 is 27.9. The van der Waals surface area contributed by atoms with Crippen molar-refractivity contribution in [1.82, 2.24) is 5.32 Å². The number of halogens is 2. The number of anilines is 1. The summed E-state index contributed by atoms with van der Waals surface area (Å²) in [6.07, 6.45) is 4.49. The van der Waals surface area contributed by atoms with Crippen molar-refractivity contribution in [2.45, 2.75) is 43.5 Å². The van der Waals surface area contributed by atoms with Gasteiger partial charge in [0, 0.05) is 16.1 Å². The second kappa shape index (κ2) is 8.40. The highest BCUT2D eigenvalue weighted by atomic mass is 35.5. The summed E-state index contributed by atoms with van der Waals surface area (Å²) in [6.45, 7) is 1.55. The summed E-state index contributed by atoms with van der Waals surface area (Å²) in [5, 5.41) is 3.66. The van der Waals surface area contributed by atoms with Crippen LogP contribution in [-0.2, 0) is 14.8 Å². The van der Waals surface area contributed by atoms with Crippen molar-refractivity contribution in [2.24, 2.45) is 11.8 Å².